The second-order valence-electron chi connectivity index (χ2n) is 8.67. The molecule has 0 saturated carbocycles. The minimum atomic E-state index is -1.17. The Hall–Kier alpha value is -4.74. The number of aliphatic carboxylic acids is 2. The highest BCUT2D eigenvalue weighted by molar-refractivity contribution is 5.80. The van der Waals surface area contributed by atoms with Crippen LogP contribution in [0.2, 0.25) is 0 Å². The lowest BCUT2D eigenvalue weighted by Gasteiger charge is -2.18. The third kappa shape index (κ3) is 8.38. The van der Waals surface area contributed by atoms with Gasteiger partial charge in [0.2, 0.25) is 0 Å². The van der Waals surface area contributed by atoms with Gasteiger partial charge in [0.1, 0.15) is 11.5 Å². The summed E-state index contributed by atoms with van der Waals surface area (Å²) in [4.78, 5) is 55.1. The maximum absolute atomic E-state index is 11.6. The highest BCUT2D eigenvalue weighted by Crippen LogP contribution is 2.32. The molecule has 0 fully saturated rings. The van der Waals surface area contributed by atoms with Crippen molar-refractivity contribution < 1.29 is 53.7 Å². The molecular formula is C29H28O11. The fraction of sp³-hybridized carbons (Fsp3) is 0.241. The standard InChI is InChI=1S/C29H28O11/c1-3-38-40-39-26-7-5-20(13-24(26)15-31)11-22-9-18(2)8-21(29(22)37-17-28(34)35)10-19-4-6-25(23(12-19)14-30)36-16-27(32)33/h4-9,12-15H,3,10-11,16-17H2,1-2H3,(H,32,33)(H,34,35). The number of hydrogen-bond acceptors (Lipinski definition) is 9. The van der Waals surface area contributed by atoms with Crippen molar-refractivity contribution in [1.82, 2.24) is 0 Å². The Labute approximate surface area is 229 Å². The first-order valence-electron chi connectivity index (χ1n) is 12.2. The number of carbonyl (C=O) groups is 4. The number of benzene rings is 3. The highest BCUT2D eigenvalue weighted by Gasteiger charge is 2.17. The normalized spacial score (nSPS) is 10.6. The summed E-state index contributed by atoms with van der Waals surface area (Å²) in [5.74, 6) is -1.66. The van der Waals surface area contributed by atoms with Crippen molar-refractivity contribution in [1.29, 1.82) is 0 Å². The molecule has 3 aromatic carbocycles. The predicted molar refractivity (Wildman–Crippen MR) is 140 cm³/mol. The summed E-state index contributed by atoms with van der Waals surface area (Å²) in [5.41, 5.74) is 4.07. The van der Waals surface area contributed by atoms with E-state index < -0.39 is 25.2 Å². The van der Waals surface area contributed by atoms with Crippen LogP contribution in [-0.4, -0.2) is 54.5 Å². The molecule has 0 aromatic heterocycles. The van der Waals surface area contributed by atoms with Gasteiger partial charge >= 0.3 is 11.9 Å². The third-order valence-electron chi connectivity index (χ3n) is 5.56. The summed E-state index contributed by atoms with van der Waals surface area (Å²) in [6.45, 7) is 2.67. The highest BCUT2D eigenvalue weighted by atomic mass is 17.5. The predicted octanol–water partition coefficient (Wildman–Crippen LogP) is 3.99. The van der Waals surface area contributed by atoms with Crippen molar-refractivity contribution in [2.75, 3.05) is 19.8 Å². The minimum absolute atomic E-state index is 0.137. The molecule has 0 aliphatic heterocycles. The van der Waals surface area contributed by atoms with Gasteiger partial charge in [0.15, 0.2) is 31.5 Å². The molecule has 2 N–H and O–H groups in total. The van der Waals surface area contributed by atoms with Crippen molar-refractivity contribution in [2.45, 2.75) is 26.7 Å². The Balaban J connectivity index is 1.96. The number of carboxylic acid groups (broad SMARTS) is 2. The molecule has 0 bridgehead atoms. The van der Waals surface area contributed by atoms with E-state index in [1.54, 1.807) is 37.3 Å². The van der Waals surface area contributed by atoms with Gasteiger partial charge in [-0.1, -0.05) is 29.8 Å². The zero-order valence-electron chi connectivity index (χ0n) is 21.9. The summed E-state index contributed by atoms with van der Waals surface area (Å²) >= 11 is 0. The average Bonchev–Trinajstić information content (AvgIpc) is 2.92. The zero-order chi connectivity index (χ0) is 29.1. The summed E-state index contributed by atoms with van der Waals surface area (Å²) in [6.07, 6.45) is 1.77. The van der Waals surface area contributed by atoms with Gasteiger partial charge < -0.3 is 24.6 Å². The van der Waals surface area contributed by atoms with E-state index in [2.05, 4.69) is 5.04 Å². The summed E-state index contributed by atoms with van der Waals surface area (Å²) in [7, 11) is 0. The van der Waals surface area contributed by atoms with E-state index in [-0.39, 0.29) is 35.7 Å². The number of hydrogen-bond donors (Lipinski definition) is 2. The van der Waals surface area contributed by atoms with Gasteiger partial charge in [-0.25, -0.2) is 9.59 Å². The van der Waals surface area contributed by atoms with Crippen LogP contribution in [0, 0.1) is 6.92 Å². The second kappa shape index (κ2) is 14.4. The number of aryl methyl sites for hydroxylation is 1. The largest absolute Gasteiger partial charge is 0.481 e. The topological polar surface area (TPSA) is 155 Å². The smallest absolute Gasteiger partial charge is 0.341 e. The lowest BCUT2D eigenvalue weighted by atomic mass is 9.94. The number of carbonyl (C=O) groups excluding carboxylic acids is 2. The van der Waals surface area contributed by atoms with Crippen LogP contribution in [0.5, 0.6) is 17.2 Å². The number of carboxylic acids is 2. The Kier molecular flexibility index (Phi) is 10.7. The molecule has 3 aromatic rings. The van der Waals surface area contributed by atoms with E-state index in [0.717, 1.165) is 11.1 Å². The van der Waals surface area contributed by atoms with Crippen LogP contribution in [0.3, 0.4) is 0 Å². The molecule has 40 heavy (non-hydrogen) atoms. The summed E-state index contributed by atoms with van der Waals surface area (Å²) < 4.78 is 10.9. The van der Waals surface area contributed by atoms with Crippen LogP contribution in [0.1, 0.15) is 55.5 Å². The van der Waals surface area contributed by atoms with Gasteiger partial charge in [-0.2, -0.15) is 4.89 Å². The minimum Gasteiger partial charge on any atom is -0.481 e. The molecule has 0 saturated heterocycles. The Morgan fingerprint density at radius 2 is 1.30 bits per heavy atom. The molecule has 0 radical (unpaired) electrons. The molecular weight excluding hydrogens is 524 g/mol. The van der Waals surface area contributed by atoms with Crippen molar-refractivity contribution in [3.8, 4) is 17.2 Å². The van der Waals surface area contributed by atoms with Crippen molar-refractivity contribution >= 4 is 24.5 Å². The first-order valence-corrected chi connectivity index (χ1v) is 12.2. The van der Waals surface area contributed by atoms with Crippen LogP contribution in [-0.2, 0) is 32.4 Å². The lowest BCUT2D eigenvalue weighted by molar-refractivity contribution is -0.464. The number of aldehydes is 2. The maximum Gasteiger partial charge on any atom is 0.341 e. The summed E-state index contributed by atoms with van der Waals surface area (Å²) in [6, 6.07) is 13.4. The number of ether oxygens (including phenoxy) is 2. The van der Waals surface area contributed by atoms with Gasteiger partial charge in [-0.3, -0.25) is 9.59 Å². The number of rotatable bonds is 16. The average molecular weight is 553 g/mol. The van der Waals surface area contributed by atoms with Crippen molar-refractivity contribution in [2.24, 2.45) is 0 Å². The van der Waals surface area contributed by atoms with Crippen LogP contribution < -0.4 is 14.4 Å². The fourth-order valence-corrected chi connectivity index (χ4v) is 4.01. The molecule has 3 rings (SSSR count). The maximum atomic E-state index is 11.6. The first kappa shape index (κ1) is 29.8. The van der Waals surface area contributed by atoms with E-state index in [4.69, 9.17) is 24.4 Å². The fourth-order valence-electron chi connectivity index (χ4n) is 4.01. The quantitative estimate of drug-likeness (QED) is 0.115. The van der Waals surface area contributed by atoms with E-state index >= 15 is 0 Å². The van der Waals surface area contributed by atoms with Gasteiger partial charge in [0.25, 0.3) is 0 Å². The Morgan fingerprint density at radius 1 is 0.775 bits per heavy atom. The molecule has 210 valence electrons. The van der Waals surface area contributed by atoms with Crippen LogP contribution >= 0.6 is 0 Å². The SMILES string of the molecule is CCOOOc1ccc(Cc2cc(C)cc(Cc3ccc(OCC(=O)O)c(C=O)c3)c2OCC(=O)O)cc1C=O. The molecule has 0 atom stereocenters. The Bertz CT molecular complexity index is 1380. The zero-order valence-corrected chi connectivity index (χ0v) is 21.9. The van der Waals surface area contributed by atoms with Gasteiger partial charge in [0, 0.05) is 12.8 Å². The lowest BCUT2D eigenvalue weighted by Crippen LogP contribution is -2.13. The third-order valence-corrected chi connectivity index (χ3v) is 5.56. The molecule has 0 aliphatic rings. The summed E-state index contributed by atoms with van der Waals surface area (Å²) in [5, 5.41) is 22.7. The van der Waals surface area contributed by atoms with E-state index in [0.29, 0.717) is 41.4 Å². The molecule has 11 nitrogen and oxygen atoms in total. The monoisotopic (exact) mass is 552 g/mol. The molecule has 0 amide bonds. The van der Waals surface area contributed by atoms with E-state index in [9.17, 15) is 24.3 Å². The van der Waals surface area contributed by atoms with Crippen LogP contribution in [0.25, 0.3) is 0 Å². The van der Waals surface area contributed by atoms with Gasteiger partial charge in [-0.05, 0) is 65.4 Å². The second-order valence-corrected chi connectivity index (χ2v) is 8.67. The van der Waals surface area contributed by atoms with E-state index in [1.807, 2.05) is 19.1 Å². The van der Waals surface area contributed by atoms with Crippen LogP contribution in [0.15, 0.2) is 48.5 Å². The molecule has 0 spiro atoms. The van der Waals surface area contributed by atoms with Crippen molar-refractivity contribution in [3.05, 3.63) is 87.5 Å². The molecule has 0 aliphatic carbocycles. The molecule has 11 heteroatoms. The molecule has 0 unspecified atom stereocenters. The van der Waals surface area contributed by atoms with Gasteiger partial charge in [0.05, 0.1) is 17.7 Å². The molecule has 0 heterocycles. The van der Waals surface area contributed by atoms with Crippen LogP contribution in [0.4, 0.5) is 0 Å². The first-order chi connectivity index (χ1) is 19.2. The van der Waals surface area contributed by atoms with Gasteiger partial charge in [-0.15, -0.1) is 0 Å². The Morgan fingerprint density at radius 3 is 1.82 bits per heavy atom. The van der Waals surface area contributed by atoms with E-state index in [1.165, 1.54) is 6.07 Å². The van der Waals surface area contributed by atoms with Crippen molar-refractivity contribution in [3.63, 3.8) is 0 Å².